The minimum absolute atomic E-state index is 0.102. The van der Waals surface area contributed by atoms with Crippen LogP contribution in [0.4, 0.5) is 19.0 Å². The lowest BCUT2D eigenvalue weighted by atomic mass is 9.87. The number of likely N-dealkylation sites (tertiary alicyclic amines) is 1. The van der Waals surface area contributed by atoms with Crippen molar-refractivity contribution in [2.75, 3.05) is 18.0 Å². The Hall–Kier alpha value is -2.65. The quantitative estimate of drug-likeness (QED) is 0.750. The molecule has 0 saturated carbocycles. The number of hydrogen-bond acceptors (Lipinski definition) is 6. The Kier molecular flexibility index (Phi) is 5.19. The van der Waals surface area contributed by atoms with Crippen molar-refractivity contribution in [3.63, 3.8) is 0 Å². The number of halogens is 3. The van der Waals surface area contributed by atoms with Crippen LogP contribution in [0, 0.1) is 13.8 Å². The van der Waals surface area contributed by atoms with E-state index in [1.807, 2.05) is 23.6 Å². The second kappa shape index (κ2) is 7.55. The highest BCUT2D eigenvalue weighted by atomic mass is 19.4. The zero-order valence-corrected chi connectivity index (χ0v) is 17.0. The van der Waals surface area contributed by atoms with E-state index < -0.39 is 11.9 Å². The normalized spacial score (nSPS) is 22.8. The van der Waals surface area contributed by atoms with Gasteiger partial charge in [0.15, 0.2) is 0 Å². The first-order valence-corrected chi connectivity index (χ1v) is 10.1. The van der Waals surface area contributed by atoms with Crippen LogP contribution in [0.25, 0.3) is 0 Å². The molecule has 0 radical (unpaired) electrons. The van der Waals surface area contributed by atoms with Crippen LogP contribution in [0.1, 0.15) is 54.8 Å². The number of rotatable bonds is 3. The third-order valence-corrected chi connectivity index (χ3v) is 6.36. The third kappa shape index (κ3) is 3.75. The minimum atomic E-state index is -4.51. The number of carbonyl (C=O) groups is 1. The largest absolute Gasteiger partial charge is 0.433 e. The summed E-state index contributed by atoms with van der Waals surface area (Å²) in [7, 11) is 0. The van der Waals surface area contributed by atoms with Crippen LogP contribution in [0.2, 0.25) is 0 Å². The molecule has 162 valence electrons. The number of aryl methyl sites for hydroxylation is 2. The SMILES string of the molecule is Cc1noc(C)c1CN1C(=O)CC[C@@]12CCCN(c1cc(C(F)(F)F)ncn1)CC2. The highest BCUT2D eigenvalue weighted by molar-refractivity contribution is 5.79. The number of alkyl halides is 3. The summed E-state index contributed by atoms with van der Waals surface area (Å²) in [4.78, 5) is 23.9. The van der Waals surface area contributed by atoms with Gasteiger partial charge in [-0.2, -0.15) is 13.2 Å². The minimum Gasteiger partial charge on any atom is -0.361 e. The number of nitrogens with zero attached hydrogens (tertiary/aromatic N) is 5. The van der Waals surface area contributed by atoms with E-state index in [4.69, 9.17) is 4.52 Å². The van der Waals surface area contributed by atoms with Crippen molar-refractivity contribution in [2.45, 2.75) is 64.2 Å². The van der Waals surface area contributed by atoms with Crippen LogP contribution in [-0.2, 0) is 17.5 Å². The lowest BCUT2D eigenvalue weighted by Gasteiger charge is -2.38. The van der Waals surface area contributed by atoms with Crippen LogP contribution in [0.5, 0.6) is 0 Å². The molecule has 0 aliphatic carbocycles. The topological polar surface area (TPSA) is 75.4 Å². The number of hydrogen-bond donors (Lipinski definition) is 0. The van der Waals surface area contributed by atoms with Gasteiger partial charge in [-0.05, 0) is 39.5 Å². The van der Waals surface area contributed by atoms with Crippen molar-refractivity contribution >= 4 is 11.7 Å². The number of anilines is 1. The molecule has 1 spiro atoms. The molecule has 7 nitrogen and oxygen atoms in total. The molecule has 0 bridgehead atoms. The van der Waals surface area contributed by atoms with Crippen LogP contribution in [0.3, 0.4) is 0 Å². The molecule has 10 heteroatoms. The average Bonchev–Trinajstić information content (AvgIpc) is 3.07. The van der Waals surface area contributed by atoms with Crippen LogP contribution in [-0.4, -0.2) is 44.6 Å². The van der Waals surface area contributed by atoms with Crippen molar-refractivity contribution < 1.29 is 22.5 Å². The van der Waals surface area contributed by atoms with E-state index in [0.29, 0.717) is 38.2 Å². The van der Waals surface area contributed by atoms with Crippen molar-refractivity contribution in [1.29, 1.82) is 0 Å². The first-order valence-electron chi connectivity index (χ1n) is 10.1. The third-order valence-electron chi connectivity index (χ3n) is 6.36. The fourth-order valence-corrected chi connectivity index (χ4v) is 4.62. The van der Waals surface area contributed by atoms with E-state index in [0.717, 1.165) is 42.9 Å². The van der Waals surface area contributed by atoms with Crippen LogP contribution >= 0.6 is 0 Å². The van der Waals surface area contributed by atoms with Crippen molar-refractivity contribution in [2.24, 2.45) is 0 Å². The Morgan fingerprint density at radius 1 is 1.17 bits per heavy atom. The van der Waals surface area contributed by atoms with E-state index in [-0.39, 0.29) is 17.3 Å². The molecule has 0 N–H and O–H groups in total. The number of amides is 1. The van der Waals surface area contributed by atoms with Gasteiger partial charge in [-0.25, -0.2) is 9.97 Å². The first-order chi connectivity index (χ1) is 14.2. The number of aromatic nitrogens is 3. The smallest absolute Gasteiger partial charge is 0.361 e. The van der Waals surface area contributed by atoms with Gasteiger partial charge in [-0.1, -0.05) is 5.16 Å². The molecule has 30 heavy (non-hydrogen) atoms. The molecule has 0 aromatic carbocycles. The van der Waals surface area contributed by atoms with E-state index in [2.05, 4.69) is 15.1 Å². The summed E-state index contributed by atoms with van der Waals surface area (Å²) in [5, 5.41) is 3.99. The predicted octanol–water partition coefficient (Wildman–Crippen LogP) is 3.65. The van der Waals surface area contributed by atoms with Gasteiger partial charge in [0, 0.05) is 36.7 Å². The zero-order chi connectivity index (χ0) is 21.5. The molecular formula is C20H24F3N5O2. The lowest BCUT2D eigenvalue weighted by molar-refractivity contribution is -0.141. The maximum atomic E-state index is 13.0. The summed E-state index contributed by atoms with van der Waals surface area (Å²) >= 11 is 0. The van der Waals surface area contributed by atoms with Crippen LogP contribution < -0.4 is 4.90 Å². The molecule has 2 aromatic heterocycles. The Bertz CT molecular complexity index is 925. The monoisotopic (exact) mass is 423 g/mol. The Labute approximate surface area is 172 Å². The van der Waals surface area contributed by atoms with Gasteiger partial charge in [0.2, 0.25) is 5.91 Å². The van der Waals surface area contributed by atoms with Gasteiger partial charge in [0.25, 0.3) is 0 Å². The Morgan fingerprint density at radius 2 is 1.97 bits per heavy atom. The summed E-state index contributed by atoms with van der Waals surface area (Å²) in [6.07, 6.45) is -0.0782. The molecule has 2 saturated heterocycles. The fraction of sp³-hybridized carbons (Fsp3) is 0.600. The zero-order valence-electron chi connectivity index (χ0n) is 17.0. The standard InChI is InChI=1S/C20H24F3N5O2/c1-13-15(14(2)30-26-13)11-28-18(29)4-6-19(28)5-3-8-27(9-7-19)17-10-16(20(21,22)23)24-12-25-17/h10,12H,3-9,11H2,1-2H3/t19-/m1/s1. The summed E-state index contributed by atoms with van der Waals surface area (Å²) in [6.45, 7) is 5.26. The average molecular weight is 423 g/mol. The molecule has 2 fully saturated rings. The fourth-order valence-electron chi connectivity index (χ4n) is 4.62. The van der Waals surface area contributed by atoms with Gasteiger partial charge in [0.1, 0.15) is 23.6 Å². The van der Waals surface area contributed by atoms with Gasteiger partial charge < -0.3 is 14.3 Å². The van der Waals surface area contributed by atoms with Gasteiger partial charge in [-0.15, -0.1) is 0 Å². The van der Waals surface area contributed by atoms with Gasteiger partial charge >= 0.3 is 6.18 Å². The highest BCUT2D eigenvalue weighted by Gasteiger charge is 2.46. The summed E-state index contributed by atoms with van der Waals surface area (Å²) < 4.78 is 44.3. The maximum Gasteiger partial charge on any atom is 0.433 e. The van der Waals surface area contributed by atoms with Crippen molar-refractivity contribution in [3.8, 4) is 0 Å². The van der Waals surface area contributed by atoms with Crippen LogP contribution in [0.15, 0.2) is 16.9 Å². The molecule has 1 atom stereocenters. The van der Waals surface area contributed by atoms with E-state index in [1.165, 1.54) is 0 Å². The molecule has 0 unspecified atom stereocenters. The predicted molar refractivity (Wildman–Crippen MR) is 102 cm³/mol. The summed E-state index contributed by atoms with van der Waals surface area (Å²) in [5.74, 6) is 1.08. The van der Waals surface area contributed by atoms with E-state index >= 15 is 0 Å². The van der Waals surface area contributed by atoms with E-state index in [9.17, 15) is 18.0 Å². The van der Waals surface area contributed by atoms with Crippen molar-refractivity contribution in [1.82, 2.24) is 20.0 Å². The summed E-state index contributed by atoms with van der Waals surface area (Å²) in [5.41, 5.74) is 0.458. The molecule has 2 aliphatic heterocycles. The van der Waals surface area contributed by atoms with Gasteiger partial charge in [-0.3, -0.25) is 4.79 Å². The Morgan fingerprint density at radius 3 is 2.67 bits per heavy atom. The molecule has 2 aliphatic rings. The first kappa shape index (κ1) is 20.6. The maximum absolute atomic E-state index is 13.0. The van der Waals surface area contributed by atoms with E-state index in [1.54, 1.807) is 0 Å². The molecule has 1 amide bonds. The highest BCUT2D eigenvalue weighted by Crippen LogP contribution is 2.41. The van der Waals surface area contributed by atoms with Gasteiger partial charge in [0.05, 0.1) is 12.2 Å². The lowest BCUT2D eigenvalue weighted by Crippen LogP contribution is -2.46. The number of carbonyl (C=O) groups excluding carboxylic acids is 1. The molecule has 4 rings (SSSR count). The second-order valence-corrected chi connectivity index (χ2v) is 8.11. The molecule has 4 heterocycles. The van der Waals surface area contributed by atoms with Crippen molar-refractivity contribution in [3.05, 3.63) is 35.1 Å². The second-order valence-electron chi connectivity index (χ2n) is 8.11. The summed E-state index contributed by atoms with van der Waals surface area (Å²) in [6, 6.07) is 0.999. The molecular weight excluding hydrogens is 399 g/mol. The molecule has 2 aromatic rings. The Balaban J connectivity index is 1.55.